The summed E-state index contributed by atoms with van der Waals surface area (Å²) < 4.78 is 5.78. The lowest BCUT2D eigenvalue weighted by atomic mass is 10.1. The predicted molar refractivity (Wildman–Crippen MR) is 86.2 cm³/mol. The highest BCUT2D eigenvalue weighted by Crippen LogP contribution is 2.24. The van der Waals surface area contributed by atoms with Crippen molar-refractivity contribution in [3.05, 3.63) is 45.5 Å². The van der Waals surface area contributed by atoms with Gasteiger partial charge in [-0.05, 0) is 30.1 Å². The third-order valence-electron chi connectivity index (χ3n) is 3.01. The van der Waals surface area contributed by atoms with Gasteiger partial charge in [-0.3, -0.25) is 9.59 Å². The molecule has 7 nitrogen and oxygen atoms in total. The molecule has 0 spiro atoms. The van der Waals surface area contributed by atoms with Gasteiger partial charge in [0.1, 0.15) is 5.82 Å². The van der Waals surface area contributed by atoms with E-state index in [9.17, 15) is 14.7 Å². The molecule has 0 bridgehead atoms. The minimum Gasteiger partial charge on any atom is -0.504 e. The Hall–Kier alpha value is -2.39. The van der Waals surface area contributed by atoms with Gasteiger partial charge in [-0.2, -0.15) is 9.36 Å². The summed E-state index contributed by atoms with van der Waals surface area (Å²) in [5.74, 6) is -0.649. The van der Waals surface area contributed by atoms with E-state index in [1.807, 2.05) is 6.26 Å². The van der Waals surface area contributed by atoms with E-state index >= 15 is 0 Å². The molecule has 22 heavy (non-hydrogen) atoms. The molecule has 112 valence electrons. The SMILES string of the molecule is CSc1nsc2nc(=O)c(C=C3C=CC(=O)C(O)=C3)c(N)n12. The molecule has 0 radical (unpaired) electrons. The third kappa shape index (κ3) is 2.34. The number of hydrogen-bond donors (Lipinski definition) is 2. The first-order chi connectivity index (χ1) is 10.5. The number of ketones is 1. The fourth-order valence-electron chi connectivity index (χ4n) is 1.95. The van der Waals surface area contributed by atoms with Crippen LogP contribution in [0.2, 0.25) is 0 Å². The van der Waals surface area contributed by atoms with Crippen LogP contribution < -0.4 is 11.3 Å². The van der Waals surface area contributed by atoms with Crippen LogP contribution in [0.25, 0.3) is 11.0 Å². The first-order valence-corrected chi connectivity index (χ1v) is 8.07. The van der Waals surface area contributed by atoms with Crippen molar-refractivity contribution in [3.63, 3.8) is 0 Å². The van der Waals surface area contributed by atoms with Crippen LogP contribution in [0.1, 0.15) is 5.56 Å². The maximum atomic E-state index is 12.1. The van der Waals surface area contributed by atoms with Crippen molar-refractivity contribution in [1.29, 1.82) is 0 Å². The number of carbonyl (C=O) groups is 1. The minimum absolute atomic E-state index is 0.186. The second kappa shape index (κ2) is 5.43. The number of carbonyl (C=O) groups excluding carboxylic acids is 1. The Kier molecular flexibility index (Phi) is 3.59. The number of aromatic nitrogens is 3. The number of nitrogen functional groups attached to an aromatic ring is 1. The zero-order valence-electron chi connectivity index (χ0n) is 11.3. The van der Waals surface area contributed by atoms with Crippen LogP contribution >= 0.6 is 23.3 Å². The van der Waals surface area contributed by atoms with Gasteiger partial charge in [0, 0.05) is 11.5 Å². The summed E-state index contributed by atoms with van der Waals surface area (Å²) in [5.41, 5.74) is 6.26. The second-order valence-electron chi connectivity index (χ2n) is 4.37. The van der Waals surface area contributed by atoms with Gasteiger partial charge in [0.25, 0.3) is 5.56 Å². The van der Waals surface area contributed by atoms with Crippen LogP contribution in [0.5, 0.6) is 0 Å². The summed E-state index contributed by atoms with van der Waals surface area (Å²) in [5, 5.41) is 10.1. The molecule has 0 aromatic carbocycles. The highest BCUT2D eigenvalue weighted by Gasteiger charge is 2.15. The van der Waals surface area contributed by atoms with E-state index in [4.69, 9.17) is 5.73 Å². The zero-order valence-corrected chi connectivity index (χ0v) is 12.9. The Bertz CT molecular complexity index is 937. The Balaban J connectivity index is 2.22. The van der Waals surface area contributed by atoms with E-state index in [0.717, 1.165) is 11.5 Å². The predicted octanol–water partition coefficient (Wildman–Crippen LogP) is 1.42. The summed E-state index contributed by atoms with van der Waals surface area (Å²) >= 11 is 2.48. The summed E-state index contributed by atoms with van der Waals surface area (Å²) in [4.78, 5) is 27.7. The molecule has 9 heteroatoms. The first kappa shape index (κ1) is 14.5. The Labute approximate surface area is 132 Å². The number of aliphatic hydroxyl groups excluding tert-OH is 1. The lowest BCUT2D eigenvalue weighted by molar-refractivity contribution is -0.113. The van der Waals surface area contributed by atoms with Gasteiger partial charge in [-0.25, -0.2) is 4.40 Å². The molecule has 2 aromatic heterocycles. The maximum Gasteiger partial charge on any atom is 0.283 e. The molecule has 1 aliphatic rings. The number of fused-ring (bicyclic) bond motifs is 1. The van der Waals surface area contributed by atoms with Crippen molar-refractivity contribution in [3.8, 4) is 0 Å². The van der Waals surface area contributed by atoms with E-state index in [-0.39, 0.29) is 17.1 Å². The van der Waals surface area contributed by atoms with Crippen LogP contribution in [0.3, 0.4) is 0 Å². The average molecular weight is 334 g/mol. The minimum atomic E-state index is -0.487. The molecule has 2 aromatic rings. The summed E-state index contributed by atoms with van der Waals surface area (Å²) in [7, 11) is 0. The molecule has 0 saturated carbocycles. The summed E-state index contributed by atoms with van der Waals surface area (Å²) in [6, 6.07) is 0. The monoisotopic (exact) mass is 334 g/mol. The molecule has 0 fully saturated rings. The fraction of sp³-hybridized carbons (Fsp3) is 0.0769. The van der Waals surface area contributed by atoms with Crippen LogP contribution in [0.15, 0.2) is 39.5 Å². The van der Waals surface area contributed by atoms with Crippen molar-refractivity contribution >= 4 is 45.9 Å². The van der Waals surface area contributed by atoms with Gasteiger partial charge in [-0.15, -0.1) is 0 Å². The van der Waals surface area contributed by atoms with E-state index < -0.39 is 11.3 Å². The van der Waals surface area contributed by atoms with E-state index in [1.54, 1.807) is 4.40 Å². The second-order valence-corrected chi connectivity index (χ2v) is 5.88. The molecule has 0 saturated heterocycles. The lowest BCUT2D eigenvalue weighted by Gasteiger charge is -2.06. The standard InChI is InChI=1S/C13H10N4O3S2/c1-21-13-16-22-12-15-11(20)7(10(14)17(12)13)4-6-2-3-8(18)9(19)5-6/h2-5,19H,14H2,1H3. The lowest BCUT2D eigenvalue weighted by Crippen LogP contribution is -2.16. The number of nitrogens with zero attached hydrogens (tertiary/aromatic N) is 3. The highest BCUT2D eigenvalue weighted by molar-refractivity contribution is 7.98. The van der Waals surface area contributed by atoms with Crippen molar-refractivity contribution in [1.82, 2.24) is 13.8 Å². The molecular weight excluding hydrogens is 324 g/mol. The molecule has 0 atom stereocenters. The smallest absolute Gasteiger partial charge is 0.283 e. The van der Waals surface area contributed by atoms with Gasteiger partial charge >= 0.3 is 0 Å². The van der Waals surface area contributed by atoms with Crippen LogP contribution in [0, 0.1) is 0 Å². The molecule has 2 heterocycles. The van der Waals surface area contributed by atoms with Crippen molar-refractivity contribution < 1.29 is 9.90 Å². The number of anilines is 1. The third-order valence-corrected chi connectivity index (χ3v) is 4.46. The Morgan fingerprint density at radius 2 is 2.18 bits per heavy atom. The number of thioether (sulfide) groups is 1. The average Bonchev–Trinajstić information content (AvgIpc) is 2.90. The van der Waals surface area contributed by atoms with E-state index in [1.165, 1.54) is 36.1 Å². The fourth-order valence-corrected chi connectivity index (χ4v) is 3.42. The van der Waals surface area contributed by atoms with Gasteiger partial charge in [-0.1, -0.05) is 17.8 Å². The topological polar surface area (TPSA) is 111 Å². The number of allylic oxidation sites excluding steroid dienone is 4. The van der Waals surface area contributed by atoms with Crippen molar-refractivity contribution in [2.45, 2.75) is 5.16 Å². The van der Waals surface area contributed by atoms with Crippen LogP contribution in [-0.2, 0) is 4.79 Å². The number of rotatable bonds is 2. The van der Waals surface area contributed by atoms with Crippen molar-refractivity contribution in [2.75, 3.05) is 12.0 Å². The van der Waals surface area contributed by atoms with Gasteiger partial charge in [0.15, 0.2) is 10.9 Å². The molecule has 1 aliphatic carbocycles. The molecule has 0 unspecified atom stereocenters. The number of hydrogen-bond acceptors (Lipinski definition) is 8. The van der Waals surface area contributed by atoms with Gasteiger partial charge in [0.2, 0.25) is 10.7 Å². The molecular formula is C13H10N4O3S2. The molecule has 3 N–H and O–H groups in total. The zero-order chi connectivity index (χ0) is 15.9. The Morgan fingerprint density at radius 1 is 1.41 bits per heavy atom. The maximum absolute atomic E-state index is 12.1. The van der Waals surface area contributed by atoms with E-state index in [2.05, 4.69) is 9.36 Å². The van der Waals surface area contributed by atoms with Crippen molar-refractivity contribution in [2.24, 2.45) is 0 Å². The largest absolute Gasteiger partial charge is 0.504 e. The van der Waals surface area contributed by atoms with Crippen LogP contribution in [0.4, 0.5) is 5.82 Å². The number of nitrogens with two attached hydrogens (primary N) is 1. The summed E-state index contributed by atoms with van der Waals surface area (Å²) in [6.07, 6.45) is 7.33. The Morgan fingerprint density at radius 3 is 2.86 bits per heavy atom. The molecule has 0 aliphatic heterocycles. The normalized spacial score (nSPS) is 16.5. The van der Waals surface area contributed by atoms with Gasteiger partial charge in [0.05, 0.1) is 5.56 Å². The van der Waals surface area contributed by atoms with Crippen LogP contribution in [-0.4, -0.2) is 30.9 Å². The summed E-state index contributed by atoms with van der Waals surface area (Å²) in [6.45, 7) is 0. The molecule has 0 amide bonds. The van der Waals surface area contributed by atoms with E-state index in [0.29, 0.717) is 15.7 Å². The number of aliphatic hydroxyl groups is 1. The molecule has 3 rings (SSSR count). The first-order valence-electron chi connectivity index (χ1n) is 6.08. The highest BCUT2D eigenvalue weighted by atomic mass is 32.2. The van der Waals surface area contributed by atoms with Gasteiger partial charge < -0.3 is 10.8 Å². The quantitative estimate of drug-likeness (QED) is 0.799.